The van der Waals surface area contributed by atoms with Crippen molar-refractivity contribution in [3.8, 4) is 5.75 Å². The number of aromatic nitrogens is 3. The molecule has 0 saturated carbocycles. The van der Waals surface area contributed by atoms with E-state index in [4.69, 9.17) is 9.47 Å². The largest absolute Gasteiger partial charge is 0.494 e. The number of nitrogens with zero attached hydrogens (tertiary/aromatic N) is 8. The van der Waals surface area contributed by atoms with Gasteiger partial charge in [0, 0.05) is 49.9 Å². The van der Waals surface area contributed by atoms with Crippen LogP contribution in [0.5, 0.6) is 5.75 Å². The number of amides is 1. The molecule has 2 aromatic heterocycles. The van der Waals surface area contributed by atoms with E-state index in [2.05, 4.69) is 73.5 Å². The third-order valence-electron chi connectivity index (χ3n) is 7.92. The molecule has 4 heterocycles. The molecular weight excluding hydrogens is 546 g/mol. The first-order chi connectivity index (χ1) is 20.8. The molecule has 12 heteroatoms. The molecule has 0 bridgehead atoms. The molecule has 1 N–H and O–H groups in total. The van der Waals surface area contributed by atoms with Gasteiger partial charge >= 0.3 is 0 Å². The average molecular weight is 586 g/mol. The highest BCUT2D eigenvalue weighted by Crippen LogP contribution is 2.40. The topological polar surface area (TPSA) is 113 Å². The van der Waals surface area contributed by atoms with Crippen LogP contribution >= 0.6 is 0 Å². The third-order valence-corrected chi connectivity index (χ3v) is 7.92. The lowest BCUT2D eigenvalue weighted by molar-refractivity contribution is -0.111. The first kappa shape index (κ1) is 29.8. The summed E-state index contributed by atoms with van der Waals surface area (Å²) in [5, 5.41) is 8.20. The number of anilines is 3. The lowest BCUT2D eigenvalue weighted by atomic mass is 10.0. The average Bonchev–Trinajstić information content (AvgIpc) is 3.37. The summed E-state index contributed by atoms with van der Waals surface area (Å²) in [5.41, 5.74) is 3.97. The normalized spacial score (nSPS) is 16.5. The monoisotopic (exact) mass is 585 g/mol. The zero-order chi connectivity index (χ0) is 30.5. The molecule has 226 valence electrons. The van der Waals surface area contributed by atoms with Gasteiger partial charge in [-0.15, -0.1) is 0 Å². The second kappa shape index (κ2) is 13.1. The number of allylic oxidation sites excluding steroid dienone is 1. The maximum atomic E-state index is 12.3. The van der Waals surface area contributed by atoms with Gasteiger partial charge in [-0.05, 0) is 51.9 Å². The number of rotatable bonds is 11. The molecule has 0 unspecified atom stereocenters. The number of piperidine rings is 1. The van der Waals surface area contributed by atoms with Crippen LogP contribution in [0, 0.1) is 0 Å². The SMILES string of the molecule is C=CC(=O)Nc1cc(N=C/C=C(\N=C)OC2CN(c3cnc4c(cnn4C)c3)C2)c(OC)cc1N1CCC(N(C)C)CC1. The molecule has 1 amide bonds. The van der Waals surface area contributed by atoms with E-state index in [0.717, 1.165) is 48.3 Å². The summed E-state index contributed by atoms with van der Waals surface area (Å²) in [6.07, 6.45) is 10.2. The zero-order valence-electron chi connectivity index (χ0n) is 25.2. The van der Waals surface area contributed by atoms with E-state index in [-0.39, 0.29) is 12.0 Å². The van der Waals surface area contributed by atoms with Gasteiger partial charge in [-0.1, -0.05) is 6.58 Å². The van der Waals surface area contributed by atoms with Gasteiger partial charge in [0.2, 0.25) is 11.8 Å². The number of fused-ring (bicyclic) bond motifs is 1. The van der Waals surface area contributed by atoms with E-state index in [1.54, 1.807) is 24.1 Å². The minimum Gasteiger partial charge on any atom is -0.494 e. The first-order valence-corrected chi connectivity index (χ1v) is 14.3. The number of hydrogen-bond acceptors (Lipinski definition) is 10. The second-order valence-corrected chi connectivity index (χ2v) is 10.9. The Bertz CT molecular complexity index is 1550. The third kappa shape index (κ3) is 6.69. The Morgan fingerprint density at radius 1 is 1.16 bits per heavy atom. The number of nitrogens with one attached hydrogen (secondary N) is 1. The molecule has 0 spiro atoms. The molecule has 2 aliphatic heterocycles. The number of benzene rings is 1. The van der Waals surface area contributed by atoms with Crippen molar-refractivity contribution in [1.82, 2.24) is 19.7 Å². The molecule has 0 atom stereocenters. The molecule has 43 heavy (non-hydrogen) atoms. The molecule has 2 fully saturated rings. The number of aryl methyl sites for hydroxylation is 1. The minimum atomic E-state index is -0.290. The Labute approximate surface area is 252 Å². The Morgan fingerprint density at radius 2 is 1.93 bits per heavy atom. The van der Waals surface area contributed by atoms with E-state index >= 15 is 0 Å². The molecule has 0 radical (unpaired) electrons. The van der Waals surface area contributed by atoms with Crippen molar-refractivity contribution in [3.05, 3.63) is 55.2 Å². The van der Waals surface area contributed by atoms with E-state index in [1.165, 1.54) is 6.08 Å². The van der Waals surface area contributed by atoms with Gasteiger partial charge in [-0.25, -0.2) is 9.98 Å². The number of aliphatic imine (C=N–C) groups is 2. The minimum absolute atomic E-state index is 0.0408. The van der Waals surface area contributed by atoms with Crippen LogP contribution in [0.25, 0.3) is 11.0 Å². The zero-order valence-corrected chi connectivity index (χ0v) is 25.2. The van der Waals surface area contributed by atoms with Gasteiger partial charge in [0.25, 0.3) is 0 Å². The molecular formula is C31H39N9O3. The van der Waals surface area contributed by atoms with Crippen LogP contribution in [-0.2, 0) is 16.6 Å². The molecule has 0 aliphatic carbocycles. The number of pyridine rings is 1. The van der Waals surface area contributed by atoms with Crippen molar-refractivity contribution < 1.29 is 14.3 Å². The maximum absolute atomic E-state index is 12.3. The van der Waals surface area contributed by atoms with Gasteiger partial charge in [0.05, 0.1) is 49.7 Å². The van der Waals surface area contributed by atoms with Crippen LogP contribution in [0.15, 0.2) is 65.2 Å². The number of methoxy groups -OCH3 is 1. The second-order valence-electron chi connectivity index (χ2n) is 10.9. The van der Waals surface area contributed by atoms with Crippen LogP contribution in [0.2, 0.25) is 0 Å². The lowest BCUT2D eigenvalue weighted by Gasteiger charge is -2.40. The van der Waals surface area contributed by atoms with Crippen molar-refractivity contribution in [2.24, 2.45) is 17.0 Å². The van der Waals surface area contributed by atoms with Crippen molar-refractivity contribution >= 4 is 52.6 Å². The fourth-order valence-electron chi connectivity index (χ4n) is 5.40. The summed E-state index contributed by atoms with van der Waals surface area (Å²) >= 11 is 0. The van der Waals surface area contributed by atoms with Crippen molar-refractivity contribution in [2.75, 3.05) is 62.5 Å². The number of carbonyl (C=O) groups excluding carboxylic acids is 1. The first-order valence-electron chi connectivity index (χ1n) is 14.3. The summed E-state index contributed by atoms with van der Waals surface area (Å²) in [6.45, 7) is 10.4. The van der Waals surface area contributed by atoms with Crippen molar-refractivity contribution in [1.29, 1.82) is 0 Å². The number of carbonyl (C=O) groups is 1. The highest BCUT2D eigenvalue weighted by atomic mass is 16.5. The fourth-order valence-corrected chi connectivity index (χ4v) is 5.40. The predicted octanol–water partition coefficient (Wildman–Crippen LogP) is 3.78. The van der Waals surface area contributed by atoms with Gasteiger partial charge in [-0.3, -0.25) is 14.5 Å². The molecule has 3 aromatic rings. The lowest BCUT2D eigenvalue weighted by Crippen LogP contribution is -2.52. The number of ether oxygens (including phenoxy) is 2. The Morgan fingerprint density at radius 3 is 2.60 bits per heavy atom. The van der Waals surface area contributed by atoms with Crippen LogP contribution in [0.4, 0.5) is 22.7 Å². The van der Waals surface area contributed by atoms with Gasteiger partial charge < -0.3 is 29.5 Å². The van der Waals surface area contributed by atoms with E-state index in [9.17, 15) is 4.79 Å². The highest BCUT2D eigenvalue weighted by molar-refractivity contribution is 6.02. The van der Waals surface area contributed by atoms with Gasteiger partial charge in [0.15, 0.2) is 5.65 Å². The molecule has 2 aliphatic rings. The quantitative estimate of drug-likeness (QED) is 0.206. The van der Waals surface area contributed by atoms with Crippen LogP contribution in [-0.4, -0.2) is 98.0 Å². The Hall–Kier alpha value is -4.71. The van der Waals surface area contributed by atoms with E-state index in [1.807, 2.05) is 31.6 Å². The summed E-state index contributed by atoms with van der Waals surface area (Å²) < 4.78 is 13.5. The highest BCUT2D eigenvalue weighted by Gasteiger charge is 2.30. The predicted molar refractivity (Wildman–Crippen MR) is 172 cm³/mol. The van der Waals surface area contributed by atoms with E-state index in [0.29, 0.717) is 42.1 Å². The smallest absolute Gasteiger partial charge is 0.247 e. The molecule has 5 rings (SSSR count). The Balaban J connectivity index is 1.27. The maximum Gasteiger partial charge on any atom is 0.247 e. The number of hydrogen-bond donors (Lipinski definition) is 1. The molecule has 2 saturated heterocycles. The Kier molecular flexibility index (Phi) is 9.05. The van der Waals surface area contributed by atoms with Crippen LogP contribution in [0.1, 0.15) is 12.8 Å². The summed E-state index contributed by atoms with van der Waals surface area (Å²) in [5.74, 6) is 0.671. The van der Waals surface area contributed by atoms with E-state index < -0.39 is 0 Å². The van der Waals surface area contributed by atoms with Crippen LogP contribution < -0.4 is 19.9 Å². The van der Waals surface area contributed by atoms with Crippen molar-refractivity contribution in [3.63, 3.8) is 0 Å². The summed E-state index contributed by atoms with van der Waals surface area (Å²) in [4.78, 5) is 32.2. The van der Waals surface area contributed by atoms with Gasteiger partial charge in [-0.2, -0.15) is 5.10 Å². The summed E-state index contributed by atoms with van der Waals surface area (Å²) in [7, 11) is 7.71. The standard InChI is InChI=1S/C31H39N9O3/c1-7-29(41)36-25-15-26(28(42-6)16-27(25)39-12-9-22(10-13-39)37(3)4)33-11-8-30(32-2)43-24-19-40(20-24)23-14-21-17-35-38(5)31(21)34-18-23/h7-8,11,14-18,22,24H,1-2,9-10,12-13,19-20H2,3-6H3,(H,36,41)/b30-8+,33-11?. The van der Waals surface area contributed by atoms with Gasteiger partial charge in [0.1, 0.15) is 17.5 Å². The fraction of sp³-hybridized carbons (Fsp3) is 0.387. The van der Waals surface area contributed by atoms with Crippen LogP contribution in [0.3, 0.4) is 0 Å². The molecule has 12 nitrogen and oxygen atoms in total. The molecule has 1 aromatic carbocycles. The summed E-state index contributed by atoms with van der Waals surface area (Å²) in [6, 6.07) is 6.36. The van der Waals surface area contributed by atoms with Crippen molar-refractivity contribution in [2.45, 2.75) is 25.0 Å².